The molecule has 0 aliphatic carbocycles. The second-order valence-corrected chi connectivity index (χ2v) is 3.18. The molecule has 6 nitrogen and oxygen atoms in total. The fraction of sp³-hybridized carbons (Fsp3) is 0.250. The quantitative estimate of drug-likeness (QED) is 0.270. The molecule has 96 valence electrons. The SMILES string of the molecule is CCOC(=O)/C(C=O)=N/Nc1ccc(OC)cc1. The number of ether oxygens (including phenoxy) is 2. The number of hydrazone groups is 1. The Morgan fingerprint density at radius 1 is 1.39 bits per heavy atom. The molecular weight excluding hydrogens is 236 g/mol. The van der Waals surface area contributed by atoms with Gasteiger partial charge in [0.05, 0.1) is 19.4 Å². The molecule has 0 aliphatic rings. The summed E-state index contributed by atoms with van der Waals surface area (Å²) in [6, 6.07) is 6.86. The van der Waals surface area contributed by atoms with Crippen LogP contribution in [0.2, 0.25) is 0 Å². The summed E-state index contributed by atoms with van der Waals surface area (Å²) in [5.41, 5.74) is 2.90. The molecule has 0 heterocycles. The van der Waals surface area contributed by atoms with Crippen molar-refractivity contribution >= 4 is 23.7 Å². The summed E-state index contributed by atoms with van der Waals surface area (Å²) in [7, 11) is 1.56. The number of benzene rings is 1. The molecule has 0 aliphatic heterocycles. The summed E-state index contributed by atoms with van der Waals surface area (Å²) >= 11 is 0. The highest BCUT2D eigenvalue weighted by atomic mass is 16.5. The monoisotopic (exact) mass is 250 g/mol. The van der Waals surface area contributed by atoms with Crippen LogP contribution in [0, 0.1) is 0 Å². The largest absolute Gasteiger partial charge is 0.497 e. The Hall–Kier alpha value is -2.37. The van der Waals surface area contributed by atoms with Crippen molar-refractivity contribution in [3.8, 4) is 5.75 Å². The second-order valence-electron chi connectivity index (χ2n) is 3.18. The Morgan fingerprint density at radius 2 is 2.06 bits per heavy atom. The Labute approximate surface area is 105 Å². The van der Waals surface area contributed by atoms with Crippen molar-refractivity contribution in [3.63, 3.8) is 0 Å². The molecule has 0 fully saturated rings. The molecule has 0 bridgehead atoms. The van der Waals surface area contributed by atoms with Gasteiger partial charge < -0.3 is 9.47 Å². The number of esters is 1. The van der Waals surface area contributed by atoms with Crippen molar-refractivity contribution in [2.75, 3.05) is 19.1 Å². The van der Waals surface area contributed by atoms with Crippen molar-refractivity contribution in [1.82, 2.24) is 0 Å². The van der Waals surface area contributed by atoms with Gasteiger partial charge in [0.2, 0.25) is 5.71 Å². The smallest absolute Gasteiger partial charge is 0.362 e. The fourth-order valence-corrected chi connectivity index (χ4v) is 1.12. The van der Waals surface area contributed by atoms with E-state index in [1.807, 2.05) is 0 Å². The first kappa shape index (κ1) is 13.7. The minimum absolute atomic E-state index is 0.189. The summed E-state index contributed by atoms with van der Waals surface area (Å²) in [5.74, 6) is -0.0564. The lowest BCUT2D eigenvalue weighted by molar-refractivity contribution is -0.135. The normalized spacial score (nSPS) is 10.7. The number of nitrogens with zero attached hydrogens (tertiary/aromatic N) is 1. The first-order valence-corrected chi connectivity index (χ1v) is 5.31. The molecule has 0 amide bonds. The number of anilines is 1. The van der Waals surface area contributed by atoms with E-state index in [0.717, 1.165) is 0 Å². The van der Waals surface area contributed by atoms with Gasteiger partial charge in [0.15, 0.2) is 6.29 Å². The zero-order valence-corrected chi connectivity index (χ0v) is 10.2. The van der Waals surface area contributed by atoms with Crippen molar-refractivity contribution in [1.29, 1.82) is 0 Å². The molecule has 6 heteroatoms. The molecule has 1 aromatic carbocycles. The third-order valence-corrected chi connectivity index (χ3v) is 1.99. The first-order valence-electron chi connectivity index (χ1n) is 5.31. The van der Waals surface area contributed by atoms with Crippen LogP contribution < -0.4 is 10.2 Å². The van der Waals surface area contributed by atoms with Gasteiger partial charge in [0.25, 0.3) is 0 Å². The molecule has 18 heavy (non-hydrogen) atoms. The van der Waals surface area contributed by atoms with E-state index < -0.39 is 5.97 Å². The molecule has 0 radical (unpaired) electrons. The van der Waals surface area contributed by atoms with Crippen LogP contribution in [0.5, 0.6) is 5.75 Å². The number of carbonyl (C=O) groups is 2. The average Bonchev–Trinajstić information content (AvgIpc) is 2.40. The number of carbonyl (C=O) groups excluding carboxylic acids is 2. The minimum atomic E-state index is -0.756. The average molecular weight is 250 g/mol. The fourth-order valence-electron chi connectivity index (χ4n) is 1.12. The molecule has 1 N–H and O–H groups in total. The maximum Gasteiger partial charge on any atom is 0.362 e. The van der Waals surface area contributed by atoms with Crippen LogP contribution in [-0.4, -0.2) is 31.7 Å². The Balaban J connectivity index is 2.70. The highest BCUT2D eigenvalue weighted by Crippen LogP contribution is 2.14. The molecule has 0 saturated heterocycles. The van der Waals surface area contributed by atoms with Gasteiger partial charge in [0.1, 0.15) is 5.75 Å². The van der Waals surface area contributed by atoms with Crippen LogP contribution in [0.15, 0.2) is 29.4 Å². The van der Waals surface area contributed by atoms with Crippen LogP contribution >= 0.6 is 0 Å². The summed E-state index contributed by atoms with van der Waals surface area (Å²) < 4.78 is 9.65. The van der Waals surface area contributed by atoms with E-state index in [2.05, 4.69) is 15.3 Å². The second kappa shape index (κ2) is 7.05. The first-order chi connectivity index (χ1) is 8.71. The predicted octanol–water partition coefficient (Wildman–Crippen LogP) is 1.23. The van der Waals surface area contributed by atoms with Gasteiger partial charge in [-0.15, -0.1) is 0 Å². The number of nitrogens with one attached hydrogen (secondary N) is 1. The molecular formula is C12H14N2O4. The van der Waals surface area contributed by atoms with Gasteiger partial charge in [-0.2, -0.15) is 5.10 Å². The molecule has 0 aromatic heterocycles. The van der Waals surface area contributed by atoms with E-state index in [0.29, 0.717) is 17.7 Å². The summed E-state index contributed by atoms with van der Waals surface area (Å²) in [6.07, 6.45) is 0.342. The molecule has 0 unspecified atom stereocenters. The van der Waals surface area contributed by atoms with Gasteiger partial charge in [-0.3, -0.25) is 10.2 Å². The number of methoxy groups -OCH3 is 1. The zero-order valence-electron chi connectivity index (χ0n) is 10.2. The number of aldehydes is 1. The van der Waals surface area contributed by atoms with Crippen LogP contribution in [-0.2, 0) is 14.3 Å². The Morgan fingerprint density at radius 3 is 2.56 bits per heavy atom. The summed E-state index contributed by atoms with van der Waals surface area (Å²) in [6.45, 7) is 1.84. The molecule has 0 spiro atoms. The van der Waals surface area contributed by atoms with Gasteiger partial charge in [-0.05, 0) is 31.2 Å². The van der Waals surface area contributed by atoms with Gasteiger partial charge in [-0.1, -0.05) is 0 Å². The molecule has 0 atom stereocenters. The maximum absolute atomic E-state index is 11.3. The number of hydrogen-bond acceptors (Lipinski definition) is 6. The van der Waals surface area contributed by atoms with E-state index in [1.165, 1.54) is 0 Å². The van der Waals surface area contributed by atoms with Crippen molar-refractivity contribution in [2.45, 2.75) is 6.92 Å². The standard InChI is InChI=1S/C12H14N2O4/c1-3-18-12(16)11(8-15)14-13-9-4-6-10(17-2)7-5-9/h4-8,13H,3H2,1-2H3/b14-11+. The topological polar surface area (TPSA) is 77.0 Å². The summed E-state index contributed by atoms with van der Waals surface area (Å²) in [5, 5.41) is 3.67. The highest BCUT2D eigenvalue weighted by molar-refractivity contribution is 6.58. The predicted molar refractivity (Wildman–Crippen MR) is 66.7 cm³/mol. The van der Waals surface area contributed by atoms with Crippen LogP contribution in [0.1, 0.15) is 6.92 Å². The third kappa shape index (κ3) is 3.89. The lowest BCUT2D eigenvalue weighted by Crippen LogP contribution is -2.20. The minimum Gasteiger partial charge on any atom is -0.497 e. The van der Waals surface area contributed by atoms with Gasteiger partial charge in [-0.25, -0.2) is 4.79 Å². The van der Waals surface area contributed by atoms with E-state index in [-0.39, 0.29) is 12.3 Å². The Bertz CT molecular complexity index is 440. The van der Waals surface area contributed by atoms with E-state index in [4.69, 9.17) is 4.74 Å². The van der Waals surface area contributed by atoms with Crippen molar-refractivity contribution in [2.24, 2.45) is 5.10 Å². The lowest BCUT2D eigenvalue weighted by atomic mass is 10.3. The van der Waals surface area contributed by atoms with E-state index in [9.17, 15) is 9.59 Å². The van der Waals surface area contributed by atoms with Gasteiger partial charge >= 0.3 is 5.97 Å². The van der Waals surface area contributed by atoms with Crippen molar-refractivity contribution < 1.29 is 19.1 Å². The van der Waals surface area contributed by atoms with Crippen LogP contribution in [0.25, 0.3) is 0 Å². The van der Waals surface area contributed by atoms with Crippen LogP contribution in [0.4, 0.5) is 5.69 Å². The number of hydrogen-bond donors (Lipinski definition) is 1. The van der Waals surface area contributed by atoms with E-state index in [1.54, 1.807) is 38.3 Å². The molecule has 1 aromatic rings. The zero-order chi connectivity index (χ0) is 13.4. The molecule has 0 saturated carbocycles. The Kier molecular flexibility index (Phi) is 5.37. The third-order valence-electron chi connectivity index (χ3n) is 1.99. The maximum atomic E-state index is 11.3. The van der Waals surface area contributed by atoms with E-state index >= 15 is 0 Å². The summed E-state index contributed by atoms with van der Waals surface area (Å²) in [4.78, 5) is 21.9. The highest BCUT2D eigenvalue weighted by Gasteiger charge is 2.11. The van der Waals surface area contributed by atoms with Gasteiger partial charge in [0, 0.05) is 0 Å². The number of rotatable bonds is 6. The lowest BCUT2D eigenvalue weighted by Gasteiger charge is -2.03. The van der Waals surface area contributed by atoms with Crippen LogP contribution in [0.3, 0.4) is 0 Å². The van der Waals surface area contributed by atoms with Crippen molar-refractivity contribution in [3.05, 3.63) is 24.3 Å². The molecule has 1 rings (SSSR count).